The van der Waals surface area contributed by atoms with Crippen LogP contribution in [0.1, 0.15) is 31.5 Å². The third-order valence-corrected chi connectivity index (χ3v) is 4.05. The van der Waals surface area contributed by atoms with Crippen molar-refractivity contribution in [2.45, 2.75) is 42.9 Å². The van der Waals surface area contributed by atoms with Crippen molar-refractivity contribution in [3.05, 3.63) is 41.0 Å². The highest BCUT2D eigenvalue weighted by molar-refractivity contribution is 7.98. The summed E-state index contributed by atoms with van der Waals surface area (Å²) in [6.07, 6.45) is 2.68. The van der Waals surface area contributed by atoms with Crippen molar-refractivity contribution in [1.29, 1.82) is 0 Å². The van der Waals surface area contributed by atoms with Gasteiger partial charge in [0.2, 0.25) is 5.89 Å². The molecule has 0 amide bonds. The molecule has 4 nitrogen and oxygen atoms in total. The lowest BCUT2D eigenvalue weighted by atomic mass is 10.1. The molecule has 0 bridgehead atoms. The van der Waals surface area contributed by atoms with E-state index in [1.807, 2.05) is 24.3 Å². The fourth-order valence-corrected chi connectivity index (χ4v) is 2.68. The van der Waals surface area contributed by atoms with E-state index in [0.717, 1.165) is 22.8 Å². The first-order chi connectivity index (χ1) is 9.67. The monoisotopic (exact) mass is 311 g/mol. The minimum atomic E-state index is 0.0946. The average Bonchev–Trinajstić information content (AvgIpc) is 2.86. The number of nitrogens with two attached hydrogens (primary N) is 1. The Hall–Kier alpha value is -1.04. The molecule has 2 aromatic rings. The van der Waals surface area contributed by atoms with Crippen molar-refractivity contribution in [3.63, 3.8) is 0 Å². The molecule has 6 heteroatoms. The zero-order valence-corrected chi connectivity index (χ0v) is 13.0. The lowest BCUT2D eigenvalue weighted by molar-refractivity contribution is 0.362. The van der Waals surface area contributed by atoms with Crippen LogP contribution in [-0.4, -0.2) is 16.2 Å². The van der Waals surface area contributed by atoms with Gasteiger partial charge in [-0.05, 0) is 30.7 Å². The topological polar surface area (TPSA) is 64.9 Å². The van der Waals surface area contributed by atoms with Crippen LogP contribution in [0, 0.1) is 0 Å². The highest BCUT2D eigenvalue weighted by Gasteiger charge is 2.10. The molecular weight excluding hydrogens is 294 g/mol. The van der Waals surface area contributed by atoms with E-state index in [2.05, 4.69) is 17.1 Å². The highest BCUT2D eigenvalue weighted by Crippen LogP contribution is 2.23. The molecule has 0 saturated carbocycles. The zero-order valence-electron chi connectivity index (χ0n) is 11.4. The minimum Gasteiger partial charge on any atom is -0.339 e. The summed E-state index contributed by atoms with van der Waals surface area (Å²) in [6.45, 7) is 2.11. The molecule has 1 atom stereocenters. The minimum absolute atomic E-state index is 0.0946. The number of rotatable bonds is 7. The van der Waals surface area contributed by atoms with Crippen molar-refractivity contribution in [2.75, 3.05) is 0 Å². The van der Waals surface area contributed by atoms with E-state index in [1.54, 1.807) is 11.8 Å². The van der Waals surface area contributed by atoms with Gasteiger partial charge in [0.15, 0.2) is 5.82 Å². The second kappa shape index (κ2) is 7.67. The molecule has 0 spiro atoms. The number of hydrogen-bond donors (Lipinski definition) is 1. The van der Waals surface area contributed by atoms with E-state index in [-0.39, 0.29) is 6.04 Å². The van der Waals surface area contributed by atoms with Crippen LogP contribution in [0.15, 0.2) is 33.7 Å². The third-order valence-electron chi connectivity index (χ3n) is 2.79. The molecule has 0 fully saturated rings. The van der Waals surface area contributed by atoms with Crippen LogP contribution in [0.3, 0.4) is 0 Å². The zero-order chi connectivity index (χ0) is 14.4. The average molecular weight is 312 g/mol. The molecule has 108 valence electrons. The molecule has 1 heterocycles. The fourth-order valence-electron chi connectivity index (χ4n) is 1.81. The maximum atomic E-state index is 5.96. The lowest BCUT2D eigenvalue weighted by Crippen LogP contribution is -2.22. The SMILES string of the molecule is CCCC(N)Cc1nc(CSc2ccc(Cl)cc2)no1. The van der Waals surface area contributed by atoms with E-state index < -0.39 is 0 Å². The lowest BCUT2D eigenvalue weighted by Gasteiger charge is -2.05. The molecule has 20 heavy (non-hydrogen) atoms. The molecule has 0 saturated heterocycles. The summed E-state index contributed by atoms with van der Waals surface area (Å²) in [7, 11) is 0. The van der Waals surface area contributed by atoms with Crippen LogP contribution >= 0.6 is 23.4 Å². The molecule has 0 aliphatic carbocycles. The van der Waals surface area contributed by atoms with Gasteiger partial charge in [0, 0.05) is 22.4 Å². The highest BCUT2D eigenvalue weighted by atomic mass is 35.5. The first kappa shape index (κ1) is 15.4. The van der Waals surface area contributed by atoms with Crippen LogP contribution in [0.25, 0.3) is 0 Å². The number of aromatic nitrogens is 2. The standard InChI is InChI=1S/C14H18ClN3OS/c1-2-3-11(16)8-14-17-13(18-19-14)9-20-12-6-4-10(15)5-7-12/h4-7,11H,2-3,8-9,16H2,1H3. The van der Waals surface area contributed by atoms with Gasteiger partial charge in [0.05, 0.1) is 5.75 Å². The first-order valence-electron chi connectivity index (χ1n) is 6.62. The summed E-state index contributed by atoms with van der Waals surface area (Å²) in [6, 6.07) is 7.79. The van der Waals surface area contributed by atoms with Crippen LogP contribution in [-0.2, 0) is 12.2 Å². The van der Waals surface area contributed by atoms with E-state index in [1.165, 1.54) is 0 Å². The smallest absolute Gasteiger partial charge is 0.228 e. The second-order valence-electron chi connectivity index (χ2n) is 4.60. The van der Waals surface area contributed by atoms with Gasteiger partial charge < -0.3 is 10.3 Å². The Labute approximate surface area is 128 Å². The second-order valence-corrected chi connectivity index (χ2v) is 6.09. The van der Waals surface area contributed by atoms with Crippen LogP contribution in [0.2, 0.25) is 5.02 Å². The van der Waals surface area contributed by atoms with E-state index in [4.69, 9.17) is 21.9 Å². The first-order valence-corrected chi connectivity index (χ1v) is 7.99. The quantitative estimate of drug-likeness (QED) is 0.790. The fraction of sp³-hybridized carbons (Fsp3) is 0.429. The molecule has 1 aromatic heterocycles. The number of thioether (sulfide) groups is 1. The van der Waals surface area contributed by atoms with Gasteiger partial charge in [-0.1, -0.05) is 30.1 Å². The Morgan fingerprint density at radius 1 is 1.35 bits per heavy atom. The Kier molecular flexibility index (Phi) is 5.88. The van der Waals surface area contributed by atoms with E-state index in [0.29, 0.717) is 23.9 Å². The third kappa shape index (κ3) is 4.81. The van der Waals surface area contributed by atoms with Gasteiger partial charge >= 0.3 is 0 Å². The predicted molar refractivity (Wildman–Crippen MR) is 81.9 cm³/mol. The van der Waals surface area contributed by atoms with Crippen LogP contribution < -0.4 is 5.73 Å². The maximum Gasteiger partial charge on any atom is 0.228 e. The number of halogens is 1. The summed E-state index contributed by atoms with van der Waals surface area (Å²) >= 11 is 7.50. The summed E-state index contributed by atoms with van der Waals surface area (Å²) in [5.41, 5.74) is 5.96. The van der Waals surface area contributed by atoms with E-state index in [9.17, 15) is 0 Å². The van der Waals surface area contributed by atoms with Gasteiger partial charge in [-0.2, -0.15) is 4.98 Å². The Bertz CT molecular complexity index is 529. The number of benzene rings is 1. The predicted octanol–water partition coefficient (Wildman–Crippen LogP) is 3.69. The molecular formula is C14H18ClN3OS. The molecule has 0 aliphatic heterocycles. The Balaban J connectivity index is 1.85. The molecule has 1 aromatic carbocycles. The van der Waals surface area contributed by atoms with Crippen molar-refractivity contribution in [3.8, 4) is 0 Å². The van der Waals surface area contributed by atoms with Gasteiger partial charge in [-0.25, -0.2) is 0 Å². The van der Waals surface area contributed by atoms with Gasteiger partial charge in [0.25, 0.3) is 0 Å². The summed E-state index contributed by atoms with van der Waals surface area (Å²) in [5.74, 6) is 2.00. The van der Waals surface area contributed by atoms with E-state index >= 15 is 0 Å². The molecule has 1 unspecified atom stereocenters. The van der Waals surface area contributed by atoms with Crippen LogP contribution in [0.5, 0.6) is 0 Å². The summed E-state index contributed by atoms with van der Waals surface area (Å²) in [4.78, 5) is 5.49. The summed E-state index contributed by atoms with van der Waals surface area (Å²) < 4.78 is 5.21. The molecule has 2 N–H and O–H groups in total. The number of nitrogens with zero attached hydrogens (tertiary/aromatic N) is 2. The van der Waals surface area contributed by atoms with Crippen molar-refractivity contribution >= 4 is 23.4 Å². The Morgan fingerprint density at radius 3 is 2.80 bits per heavy atom. The maximum absolute atomic E-state index is 5.96. The molecule has 0 radical (unpaired) electrons. The normalized spacial score (nSPS) is 12.6. The molecule has 2 rings (SSSR count). The van der Waals surface area contributed by atoms with Crippen LogP contribution in [0.4, 0.5) is 0 Å². The summed E-state index contributed by atoms with van der Waals surface area (Å²) in [5, 5.41) is 4.71. The largest absolute Gasteiger partial charge is 0.339 e. The van der Waals surface area contributed by atoms with Gasteiger partial charge in [-0.3, -0.25) is 0 Å². The van der Waals surface area contributed by atoms with Crippen molar-refractivity contribution in [2.24, 2.45) is 5.73 Å². The molecule has 0 aliphatic rings. The van der Waals surface area contributed by atoms with Crippen molar-refractivity contribution in [1.82, 2.24) is 10.1 Å². The van der Waals surface area contributed by atoms with Gasteiger partial charge in [-0.15, -0.1) is 11.8 Å². The van der Waals surface area contributed by atoms with Gasteiger partial charge in [0.1, 0.15) is 0 Å². The number of hydrogen-bond acceptors (Lipinski definition) is 5. The van der Waals surface area contributed by atoms with Crippen molar-refractivity contribution < 1.29 is 4.52 Å². The Morgan fingerprint density at radius 2 is 2.10 bits per heavy atom.